The first-order valence-electron chi connectivity index (χ1n) is 12.0. The average molecular weight is 537 g/mol. The van der Waals surface area contributed by atoms with Gasteiger partial charge >= 0.3 is 0 Å². The molecule has 2 aromatic rings. The number of amides is 1. The average Bonchev–Trinajstić information content (AvgIpc) is 3.45. The largest absolute Gasteiger partial charge is 0.497 e. The molecule has 1 N–H and O–H groups in total. The lowest BCUT2D eigenvalue weighted by Gasteiger charge is -2.34. The van der Waals surface area contributed by atoms with E-state index in [1.165, 1.54) is 40.0 Å². The van der Waals surface area contributed by atoms with Crippen molar-refractivity contribution >= 4 is 26.0 Å². The van der Waals surface area contributed by atoms with Crippen LogP contribution >= 0.6 is 0 Å². The molecule has 196 valence electrons. The molecule has 0 saturated carbocycles. The van der Waals surface area contributed by atoms with Gasteiger partial charge in [0.2, 0.25) is 20.0 Å². The number of hydrogen-bond donors (Lipinski definition) is 1. The summed E-state index contributed by atoms with van der Waals surface area (Å²) in [7, 11) is -5.54. The van der Waals surface area contributed by atoms with Gasteiger partial charge in [0.05, 0.1) is 16.9 Å². The Balaban J connectivity index is 1.23. The van der Waals surface area contributed by atoms with E-state index < -0.39 is 20.0 Å². The number of hydrogen-bond acceptors (Lipinski definition) is 7. The molecule has 0 bridgehead atoms. The number of piperazine rings is 1. The van der Waals surface area contributed by atoms with E-state index in [0.29, 0.717) is 63.7 Å². The molecule has 0 radical (unpaired) electrons. The number of carbonyl (C=O) groups excluding carboxylic acids is 1. The molecule has 10 nitrogen and oxygen atoms in total. The Bertz CT molecular complexity index is 1250. The first-order valence-corrected chi connectivity index (χ1v) is 14.8. The molecular formula is C24H32N4O6S2. The van der Waals surface area contributed by atoms with Crippen molar-refractivity contribution in [2.45, 2.75) is 22.6 Å². The van der Waals surface area contributed by atoms with Gasteiger partial charge in [0.1, 0.15) is 5.75 Å². The summed E-state index contributed by atoms with van der Waals surface area (Å²) in [6.45, 7) is 3.92. The van der Waals surface area contributed by atoms with Gasteiger partial charge in [-0.25, -0.2) is 16.8 Å². The Kier molecular flexibility index (Phi) is 8.30. The fraction of sp³-hybridized carbons (Fsp3) is 0.458. The first-order chi connectivity index (χ1) is 17.2. The molecule has 2 fully saturated rings. The van der Waals surface area contributed by atoms with E-state index in [1.807, 2.05) is 0 Å². The lowest BCUT2D eigenvalue weighted by Crippen LogP contribution is -2.50. The third kappa shape index (κ3) is 5.89. The summed E-state index contributed by atoms with van der Waals surface area (Å²) in [6.07, 6.45) is 1.74. The van der Waals surface area contributed by atoms with E-state index in [-0.39, 0.29) is 15.7 Å². The van der Waals surface area contributed by atoms with Crippen molar-refractivity contribution in [3.05, 3.63) is 54.1 Å². The smallest absolute Gasteiger partial charge is 0.251 e. The normalized spacial score (nSPS) is 18.2. The Morgan fingerprint density at radius 1 is 0.778 bits per heavy atom. The Morgan fingerprint density at radius 2 is 1.28 bits per heavy atom. The summed E-state index contributed by atoms with van der Waals surface area (Å²) in [6, 6.07) is 12.4. The van der Waals surface area contributed by atoms with Crippen LogP contribution in [0.5, 0.6) is 5.75 Å². The predicted molar refractivity (Wildman–Crippen MR) is 135 cm³/mol. The molecule has 1 amide bonds. The molecule has 0 aliphatic carbocycles. The monoisotopic (exact) mass is 536 g/mol. The number of nitrogens with zero attached hydrogens (tertiary/aromatic N) is 3. The molecule has 0 spiro atoms. The van der Waals surface area contributed by atoms with Gasteiger partial charge in [0.15, 0.2) is 0 Å². The molecule has 0 atom stereocenters. The zero-order valence-corrected chi connectivity index (χ0v) is 21.9. The fourth-order valence-corrected chi connectivity index (χ4v) is 7.31. The SMILES string of the molecule is COc1ccc(S(=O)(=O)N2CCN(CCNC(=O)c3ccc(S(=O)(=O)N4CCCC4)cc3)CC2)cc1. The van der Waals surface area contributed by atoms with Gasteiger partial charge in [-0.1, -0.05) is 0 Å². The van der Waals surface area contributed by atoms with Crippen molar-refractivity contribution < 1.29 is 26.4 Å². The molecule has 2 aromatic carbocycles. The standard InChI is InChI=1S/C24H32N4O6S2/c1-34-21-6-10-23(11-7-21)36(32,33)28-18-16-26(17-19-28)15-12-25-24(29)20-4-8-22(9-5-20)35(30,31)27-13-2-3-14-27/h4-11H,2-3,12-19H2,1H3,(H,25,29). The molecule has 0 aromatic heterocycles. The van der Waals surface area contributed by atoms with Crippen LogP contribution < -0.4 is 10.1 Å². The second kappa shape index (κ2) is 11.3. The molecule has 2 aliphatic rings. The van der Waals surface area contributed by atoms with Gasteiger partial charge < -0.3 is 10.1 Å². The Labute approximate surface area is 212 Å². The van der Waals surface area contributed by atoms with Gasteiger partial charge in [-0.15, -0.1) is 0 Å². The molecule has 4 rings (SSSR count). The predicted octanol–water partition coefficient (Wildman–Crippen LogP) is 1.22. The van der Waals surface area contributed by atoms with E-state index >= 15 is 0 Å². The number of methoxy groups -OCH3 is 1. The van der Waals surface area contributed by atoms with Crippen LogP contribution in [0.1, 0.15) is 23.2 Å². The summed E-state index contributed by atoms with van der Waals surface area (Å²) in [4.78, 5) is 15.0. The third-order valence-electron chi connectivity index (χ3n) is 6.56. The van der Waals surface area contributed by atoms with Gasteiger partial charge in [-0.3, -0.25) is 9.69 Å². The Morgan fingerprint density at radius 3 is 1.81 bits per heavy atom. The maximum Gasteiger partial charge on any atom is 0.251 e. The maximum absolute atomic E-state index is 12.9. The highest BCUT2D eigenvalue weighted by Crippen LogP contribution is 2.22. The number of rotatable bonds is 9. The van der Waals surface area contributed by atoms with Crippen molar-refractivity contribution in [1.82, 2.24) is 18.8 Å². The minimum absolute atomic E-state index is 0.198. The van der Waals surface area contributed by atoms with Crippen LogP contribution in [0.4, 0.5) is 0 Å². The van der Waals surface area contributed by atoms with Crippen LogP contribution in [-0.2, 0) is 20.0 Å². The van der Waals surface area contributed by atoms with Crippen molar-refractivity contribution in [2.75, 3.05) is 59.5 Å². The van der Waals surface area contributed by atoms with E-state index in [9.17, 15) is 21.6 Å². The van der Waals surface area contributed by atoms with E-state index in [1.54, 1.807) is 24.3 Å². The lowest BCUT2D eigenvalue weighted by molar-refractivity contribution is 0.0945. The fourth-order valence-electron chi connectivity index (χ4n) is 4.38. The molecular weight excluding hydrogens is 504 g/mol. The van der Waals surface area contributed by atoms with Crippen LogP contribution in [0, 0.1) is 0 Å². The highest BCUT2D eigenvalue weighted by atomic mass is 32.2. The quantitative estimate of drug-likeness (QED) is 0.512. The zero-order valence-electron chi connectivity index (χ0n) is 20.3. The number of ether oxygens (including phenoxy) is 1. The van der Waals surface area contributed by atoms with E-state index in [2.05, 4.69) is 10.2 Å². The van der Waals surface area contributed by atoms with Crippen molar-refractivity contribution in [2.24, 2.45) is 0 Å². The van der Waals surface area contributed by atoms with Crippen LogP contribution in [0.3, 0.4) is 0 Å². The first kappa shape index (κ1) is 26.6. The second-order valence-corrected chi connectivity index (χ2v) is 12.7. The summed E-state index contributed by atoms with van der Waals surface area (Å²) in [5.41, 5.74) is 0.394. The summed E-state index contributed by atoms with van der Waals surface area (Å²) < 4.78 is 59.1. The van der Waals surface area contributed by atoms with Gasteiger partial charge in [0, 0.05) is 57.9 Å². The molecule has 2 saturated heterocycles. The Hall–Kier alpha value is -2.51. The van der Waals surface area contributed by atoms with Crippen molar-refractivity contribution in [3.63, 3.8) is 0 Å². The molecule has 2 heterocycles. The maximum atomic E-state index is 12.9. The zero-order chi connectivity index (χ0) is 25.8. The number of carbonyl (C=O) groups is 1. The van der Waals surface area contributed by atoms with Gasteiger partial charge in [0.25, 0.3) is 5.91 Å². The molecule has 36 heavy (non-hydrogen) atoms. The van der Waals surface area contributed by atoms with Gasteiger partial charge in [-0.2, -0.15) is 8.61 Å². The lowest BCUT2D eigenvalue weighted by atomic mass is 10.2. The number of nitrogens with one attached hydrogen (secondary N) is 1. The van der Waals surface area contributed by atoms with Crippen LogP contribution in [0.25, 0.3) is 0 Å². The van der Waals surface area contributed by atoms with Crippen LogP contribution in [0.15, 0.2) is 58.3 Å². The highest BCUT2D eigenvalue weighted by molar-refractivity contribution is 7.89. The van der Waals surface area contributed by atoms with Crippen molar-refractivity contribution in [1.29, 1.82) is 0 Å². The van der Waals surface area contributed by atoms with Crippen LogP contribution in [-0.4, -0.2) is 95.7 Å². The topological polar surface area (TPSA) is 116 Å². The van der Waals surface area contributed by atoms with Gasteiger partial charge in [-0.05, 0) is 61.4 Å². The number of sulfonamides is 2. The van der Waals surface area contributed by atoms with E-state index in [0.717, 1.165) is 12.8 Å². The molecule has 12 heteroatoms. The third-order valence-corrected chi connectivity index (χ3v) is 10.4. The molecule has 2 aliphatic heterocycles. The summed E-state index contributed by atoms with van der Waals surface area (Å²) in [5, 5.41) is 2.85. The van der Waals surface area contributed by atoms with Crippen molar-refractivity contribution in [3.8, 4) is 5.75 Å². The second-order valence-electron chi connectivity index (χ2n) is 8.81. The minimum Gasteiger partial charge on any atom is -0.497 e. The summed E-state index contributed by atoms with van der Waals surface area (Å²) >= 11 is 0. The van der Waals surface area contributed by atoms with Crippen LogP contribution in [0.2, 0.25) is 0 Å². The number of benzene rings is 2. The summed E-state index contributed by atoms with van der Waals surface area (Å²) in [5.74, 6) is 0.324. The minimum atomic E-state index is -3.56. The highest BCUT2D eigenvalue weighted by Gasteiger charge is 2.29. The molecule has 0 unspecified atom stereocenters. The van der Waals surface area contributed by atoms with E-state index in [4.69, 9.17) is 4.74 Å².